The molecule has 2 aromatic carbocycles. The topological polar surface area (TPSA) is 29.5 Å². The van der Waals surface area contributed by atoms with E-state index < -0.39 is 11.9 Å². The number of aryl methyl sites for hydroxylation is 1. The lowest BCUT2D eigenvalue weighted by molar-refractivity contribution is 0.185. The van der Waals surface area contributed by atoms with E-state index in [1.807, 2.05) is 36.6 Å². The molecule has 0 saturated heterocycles. The summed E-state index contributed by atoms with van der Waals surface area (Å²) in [6, 6.07) is 9.11. The number of halogens is 2. The van der Waals surface area contributed by atoms with Crippen LogP contribution in [0.2, 0.25) is 5.02 Å². The number of aliphatic hydroxyl groups is 1. The molecule has 0 aliphatic rings. The van der Waals surface area contributed by atoms with E-state index in [-0.39, 0.29) is 12.4 Å². The third-order valence-corrected chi connectivity index (χ3v) is 5.65. The highest BCUT2D eigenvalue weighted by Crippen LogP contribution is 2.33. The fraction of sp³-hybridized carbons (Fsp3) is 0.273. The van der Waals surface area contributed by atoms with Gasteiger partial charge in [0.15, 0.2) is 11.6 Å². The lowest BCUT2D eigenvalue weighted by Gasteiger charge is -2.15. The van der Waals surface area contributed by atoms with E-state index in [2.05, 4.69) is 6.58 Å². The molecule has 1 unspecified atom stereocenters. The third kappa shape index (κ3) is 4.70. The second-order valence-electron chi connectivity index (χ2n) is 6.81. The normalized spacial score (nSPS) is 12.3. The van der Waals surface area contributed by atoms with Crippen LogP contribution in [-0.2, 0) is 13.0 Å². The summed E-state index contributed by atoms with van der Waals surface area (Å²) in [6.45, 7) is 7.77. The van der Waals surface area contributed by atoms with Crippen LogP contribution in [0.5, 0.6) is 5.75 Å². The Kier molecular flexibility index (Phi) is 6.20. The number of hydrogen-bond acceptors (Lipinski definition) is 3. The van der Waals surface area contributed by atoms with E-state index in [9.17, 15) is 9.50 Å². The average Bonchev–Trinajstić information content (AvgIpc) is 3.00. The number of hydrogen-bond donors (Lipinski definition) is 1. The Bertz CT molecular complexity index is 978. The smallest absolute Gasteiger partial charge is 0.165 e. The van der Waals surface area contributed by atoms with Crippen LogP contribution in [-0.4, -0.2) is 11.2 Å². The number of aliphatic hydroxyl groups excluding tert-OH is 1. The average molecular weight is 405 g/mol. The molecule has 0 spiro atoms. The number of thiophene rings is 1. The summed E-state index contributed by atoms with van der Waals surface area (Å²) in [4.78, 5) is 0. The first-order valence-electron chi connectivity index (χ1n) is 8.80. The van der Waals surface area contributed by atoms with Crippen molar-refractivity contribution in [2.75, 3.05) is 0 Å². The van der Waals surface area contributed by atoms with Gasteiger partial charge in [-0.15, -0.1) is 11.3 Å². The van der Waals surface area contributed by atoms with Gasteiger partial charge in [0.25, 0.3) is 0 Å². The fourth-order valence-corrected chi connectivity index (χ4v) is 4.05. The van der Waals surface area contributed by atoms with Crippen molar-refractivity contribution in [1.82, 2.24) is 0 Å². The zero-order chi connectivity index (χ0) is 19.6. The lowest BCUT2D eigenvalue weighted by atomic mass is 10.00. The summed E-state index contributed by atoms with van der Waals surface area (Å²) in [5, 5.41) is 13.2. The van der Waals surface area contributed by atoms with E-state index in [1.54, 1.807) is 18.3 Å². The van der Waals surface area contributed by atoms with Gasteiger partial charge in [-0.1, -0.05) is 18.2 Å². The molecule has 1 heterocycles. The van der Waals surface area contributed by atoms with Gasteiger partial charge in [0.05, 0.1) is 6.10 Å². The molecule has 0 saturated carbocycles. The molecule has 2 nitrogen and oxygen atoms in total. The maximum atomic E-state index is 14.8. The fourth-order valence-electron chi connectivity index (χ4n) is 2.95. The van der Waals surface area contributed by atoms with Crippen LogP contribution >= 0.6 is 22.9 Å². The number of fused-ring (bicyclic) bond motifs is 1. The summed E-state index contributed by atoms with van der Waals surface area (Å²) >= 11 is 7.71. The standard InChI is InChI=1S/C22H22ClFO2S/c1-13(2)18-8-15(5-4-14(3)25)9-20(24)22(18)26-11-16-12-27-21-7-6-17(23)10-19(16)21/h6-10,12,14,25H,1,4-5,11H2,2-3H3. The molecule has 0 aliphatic heterocycles. The van der Waals surface area contributed by atoms with Gasteiger partial charge in [0.2, 0.25) is 0 Å². The minimum absolute atomic E-state index is 0.213. The van der Waals surface area contributed by atoms with Gasteiger partial charge >= 0.3 is 0 Å². The van der Waals surface area contributed by atoms with Crippen molar-refractivity contribution < 1.29 is 14.2 Å². The molecule has 1 N–H and O–H groups in total. The van der Waals surface area contributed by atoms with Crippen LogP contribution in [0.4, 0.5) is 4.39 Å². The van der Waals surface area contributed by atoms with E-state index >= 15 is 0 Å². The molecule has 0 bridgehead atoms. The molecule has 0 aliphatic carbocycles. The zero-order valence-electron chi connectivity index (χ0n) is 15.4. The second kappa shape index (κ2) is 8.42. The second-order valence-corrected chi connectivity index (χ2v) is 8.16. The van der Waals surface area contributed by atoms with Gasteiger partial charge in [-0.25, -0.2) is 4.39 Å². The SMILES string of the molecule is C=C(C)c1cc(CCC(C)O)cc(F)c1OCc1csc2ccc(Cl)cc12. The highest BCUT2D eigenvalue weighted by Gasteiger charge is 2.15. The van der Waals surface area contributed by atoms with Gasteiger partial charge in [-0.3, -0.25) is 0 Å². The summed E-state index contributed by atoms with van der Waals surface area (Å²) in [7, 11) is 0. The molecule has 142 valence electrons. The number of allylic oxidation sites excluding steroid dienone is 1. The van der Waals surface area contributed by atoms with E-state index in [0.29, 0.717) is 23.4 Å². The Hall–Kier alpha value is -1.88. The summed E-state index contributed by atoms with van der Waals surface area (Å²) < 4.78 is 21.8. The highest BCUT2D eigenvalue weighted by molar-refractivity contribution is 7.17. The monoisotopic (exact) mass is 404 g/mol. The molecular formula is C22H22ClFO2S. The molecule has 3 rings (SSSR count). The van der Waals surface area contributed by atoms with Crippen molar-refractivity contribution in [2.45, 2.75) is 39.4 Å². The summed E-state index contributed by atoms with van der Waals surface area (Å²) in [5.41, 5.74) is 3.20. The maximum Gasteiger partial charge on any atom is 0.165 e. The van der Waals surface area contributed by atoms with Gasteiger partial charge in [-0.2, -0.15) is 0 Å². The first-order chi connectivity index (χ1) is 12.8. The molecule has 3 aromatic rings. The molecule has 0 radical (unpaired) electrons. The van der Waals surface area contributed by atoms with Crippen LogP contribution in [0.25, 0.3) is 15.7 Å². The lowest BCUT2D eigenvalue weighted by Crippen LogP contribution is -2.04. The van der Waals surface area contributed by atoms with Crippen molar-refractivity contribution in [3.05, 3.63) is 69.8 Å². The van der Waals surface area contributed by atoms with Crippen molar-refractivity contribution in [3.8, 4) is 5.75 Å². The quantitative estimate of drug-likeness (QED) is 0.479. The van der Waals surface area contributed by atoms with Gasteiger partial charge in [-0.05, 0) is 73.5 Å². The molecule has 1 atom stereocenters. The van der Waals surface area contributed by atoms with Crippen LogP contribution < -0.4 is 4.74 Å². The Morgan fingerprint density at radius 3 is 2.81 bits per heavy atom. The van der Waals surface area contributed by atoms with Crippen molar-refractivity contribution in [3.63, 3.8) is 0 Å². The highest BCUT2D eigenvalue weighted by atomic mass is 35.5. The van der Waals surface area contributed by atoms with E-state index in [0.717, 1.165) is 26.8 Å². The Morgan fingerprint density at radius 2 is 2.11 bits per heavy atom. The van der Waals surface area contributed by atoms with Crippen molar-refractivity contribution in [2.24, 2.45) is 0 Å². The van der Waals surface area contributed by atoms with Crippen LogP contribution in [0.1, 0.15) is 37.0 Å². The summed E-state index contributed by atoms with van der Waals surface area (Å²) in [5.74, 6) is -0.196. The first kappa shape index (κ1) is 19.9. The molecule has 0 amide bonds. The molecule has 27 heavy (non-hydrogen) atoms. The molecule has 0 fully saturated rings. The maximum absolute atomic E-state index is 14.8. The third-order valence-electron chi connectivity index (χ3n) is 4.40. The van der Waals surface area contributed by atoms with Crippen LogP contribution in [0.3, 0.4) is 0 Å². The summed E-state index contributed by atoms with van der Waals surface area (Å²) in [6.07, 6.45) is 0.760. The van der Waals surface area contributed by atoms with E-state index in [1.165, 1.54) is 6.07 Å². The largest absolute Gasteiger partial charge is 0.485 e. The van der Waals surface area contributed by atoms with E-state index in [4.69, 9.17) is 16.3 Å². The van der Waals surface area contributed by atoms with Gasteiger partial charge in [0, 0.05) is 26.2 Å². The minimum Gasteiger partial charge on any atom is -0.485 e. The van der Waals surface area contributed by atoms with Crippen molar-refractivity contribution >= 4 is 38.6 Å². The van der Waals surface area contributed by atoms with Crippen molar-refractivity contribution in [1.29, 1.82) is 0 Å². The van der Waals surface area contributed by atoms with Gasteiger partial charge < -0.3 is 9.84 Å². The Balaban J connectivity index is 1.87. The van der Waals surface area contributed by atoms with Crippen LogP contribution in [0.15, 0.2) is 42.3 Å². The number of benzene rings is 2. The zero-order valence-corrected chi connectivity index (χ0v) is 17.0. The predicted octanol–water partition coefficient (Wildman–Crippen LogP) is 6.62. The molecule has 5 heteroatoms. The predicted molar refractivity (Wildman–Crippen MR) is 112 cm³/mol. The van der Waals surface area contributed by atoms with Gasteiger partial charge in [0.1, 0.15) is 6.61 Å². The molecule has 1 aromatic heterocycles. The Labute approximate surface area is 167 Å². The Morgan fingerprint density at radius 1 is 1.33 bits per heavy atom. The number of rotatable bonds is 7. The molecular weight excluding hydrogens is 383 g/mol. The first-order valence-corrected chi connectivity index (χ1v) is 10.1. The number of ether oxygens (including phenoxy) is 1. The van der Waals surface area contributed by atoms with Crippen LogP contribution in [0, 0.1) is 5.82 Å². The minimum atomic E-state index is -0.420.